The zero-order valence-corrected chi connectivity index (χ0v) is 9.30. The normalized spacial score (nSPS) is 30.6. The maximum atomic E-state index is 11.8. The molecule has 4 nitrogen and oxygen atoms in total. The second kappa shape index (κ2) is 3.51. The van der Waals surface area contributed by atoms with Gasteiger partial charge in [-0.1, -0.05) is 13.8 Å². The van der Waals surface area contributed by atoms with Crippen LogP contribution in [0.1, 0.15) is 39.5 Å². The number of imide groups is 1. The van der Waals surface area contributed by atoms with Gasteiger partial charge in [0.25, 0.3) is 5.91 Å². The first kappa shape index (κ1) is 10.5. The number of rotatable bonds is 4. The van der Waals surface area contributed by atoms with Crippen LogP contribution in [0.3, 0.4) is 0 Å². The Morgan fingerprint density at radius 1 is 1.40 bits per heavy atom. The van der Waals surface area contributed by atoms with Crippen molar-refractivity contribution >= 4 is 11.9 Å². The summed E-state index contributed by atoms with van der Waals surface area (Å²) in [5.41, 5.74) is -0.582. The van der Waals surface area contributed by atoms with Gasteiger partial charge in [0.1, 0.15) is 5.54 Å². The van der Waals surface area contributed by atoms with E-state index >= 15 is 0 Å². The van der Waals surface area contributed by atoms with Crippen LogP contribution < -0.4 is 10.6 Å². The Kier molecular flexibility index (Phi) is 2.44. The first-order chi connectivity index (χ1) is 7.04. The van der Waals surface area contributed by atoms with Gasteiger partial charge in [-0.05, 0) is 37.5 Å². The SMILES string of the molecule is CC(C)CCC1(C2CC2)NC(=O)NC1=O. The fraction of sp³-hybridized carbons (Fsp3) is 0.818. The summed E-state index contributed by atoms with van der Waals surface area (Å²) < 4.78 is 0. The number of amides is 3. The molecule has 1 aliphatic carbocycles. The molecule has 84 valence electrons. The summed E-state index contributed by atoms with van der Waals surface area (Å²) in [7, 11) is 0. The standard InChI is InChI=1S/C11H18N2O2/c1-7(2)5-6-11(8-3-4-8)9(14)12-10(15)13-11/h7-8H,3-6H2,1-2H3,(H2,12,13,14,15). The molecule has 1 unspecified atom stereocenters. The van der Waals surface area contributed by atoms with Gasteiger partial charge in [-0.15, -0.1) is 0 Å². The van der Waals surface area contributed by atoms with Crippen LogP contribution in [0.25, 0.3) is 0 Å². The molecule has 1 aliphatic heterocycles. The number of hydrogen-bond donors (Lipinski definition) is 2. The van der Waals surface area contributed by atoms with Crippen LogP contribution in [0.15, 0.2) is 0 Å². The molecule has 1 saturated heterocycles. The molecule has 0 radical (unpaired) electrons. The molecule has 15 heavy (non-hydrogen) atoms. The summed E-state index contributed by atoms with van der Waals surface area (Å²) >= 11 is 0. The Bertz CT molecular complexity index is 297. The molecule has 0 bridgehead atoms. The van der Waals surface area contributed by atoms with E-state index in [0.29, 0.717) is 11.8 Å². The zero-order chi connectivity index (χ0) is 11.1. The van der Waals surface area contributed by atoms with Gasteiger partial charge in [-0.2, -0.15) is 0 Å². The van der Waals surface area contributed by atoms with Gasteiger partial charge in [-0.3, -0.25) is 10.1 Å². The minimum absolute atomic E-state index is 0.115. The topological polar surface area (TPSA) is 58.2 Å². The molecule has 0 aromatic heterocycles. The van der Waals surface area contributed by atoms with Crippen molar-refractivity contribution in [2.75, 3.05) is 0 Å². The molecule has 0 aromatic carbocycles. The minimum atomic E-state index is -0.582. The summed E-state index contributed by atoms with van der Waals surface area (Å²) in [4.78, 5) is 23.0. The average molecular weight is 210 g/mol. The molecule has 2 rings (SSSR count). The number of carbonyl (C=O) groups is 2. The molecule has 1 heterocycles. The predicted molar refractivity (Wildman–Crippen MR) is 56.2 cm³/mol. The molecule has 2 N–H and O–H groups in total. The molecule has 1 atom stereocenters. The maximum absolute atomic E-state index is 11.8. The fourth-order valence-corrected chi connectivity index (χ4v) is 2.27. The van der Waals surface area contributed by atoms with Gasteiger partial charge in [0.2, 0.25) is 0 Å². The van der Waals surface area contributed by atoms with Gasteiger partial charge in [0.15, 0.2) is 0 Å². The third-order valence-corrected chi connectivity index (χ3v) is 3.36. The fourth-order valence-electron chi connectivity index (χ4n) is 2.27. The van der Waals surface area contributed by atoms with Gasteiger partial charge in [0, 0.05) is 0 Å². The van der Waals surface area contributed by atoms with Gasteiger partial charge < -0.3 is 5.32 Å². The van der Waals surface area contributed by atoms with Crippen LogP contribution in [0.2, 0.25) is 0 Å². The molecule has 1 saturated carbocycles. The lowest BCUT2D eigenvalue weighted by Gasteiger charge is -2.26. The van der Waals surface area contributed by atoms with Crippen molar-refractivity contribution in [1.29, 1.82) is 0 Å². The number of urea groups is 1. The third kappa shape index (κ3) is 1.85. The van der Waals surface area contributed by atoms with Gasteiger partial charge in [0.05, 0.1) is 0 Å². The Morgan fingerprint density at radius 2 is 2.07 bits per heavy atom. The lowest BCUT2D eigenvalue weighted by atomic mass is 9.86. The summed E-state index contributed by atoms with van der Waals surface area (Å²) in [6.45, 7) is 4.27. The number of nitrogens with one attached hydrogen (secondary N) is 2. The van der Waals surface area contributed by atoms with Crippen molar-refractivity contribution in [3.8, 4) is 0 Å². The predicted octanol–water partition coefficient (Wildman–Crippen LogP) is 1.41. The van der Waals surface area contributed by atoms with E-state index in [-0.39, 0.29) is 11.9 Å². The van der Waals surface area contributed by atoms with E-state index in [4.69, 9.17) is 0 Å². The summed E-state index contributed by atoms with van der Waals surface area (Å²) in [6.07, 6.45) is 3.87. The molecule has 3 amide bonds. The van der Waals surface area contributed by atoms with E-state index in [2.05, 4.69) is 24.5 Å². The molecule has 0 aromatic rings. The molecule has 4 heteroatoms. The highest BCUT2D eigenvalue weighted by Crippen LogP contribution is 2.44. The summed E-state index contributed by atoms with van der Waals surface area (Å²) in [6, 6.07) is -0.323. The monoisotopic (exact) mass is 210 g/mol. The number of carbonyl (C=O) groups excluding carboxylic acids is 2. The van der Waals surface area contributed by atoms with Crippen molar-refractivity contribution < 1.29 is 9.59 Å². The van der Waals surface area contributed by atoms with Crippen molar-refractivity contribution in [3.05, 3.63) is 0 Å². The van der Waals surface area contributed by atoms with Crippen LogP contribution in [0, 0.1) is 11.8 Å². The van der Waals surface area contributed by atoms with Crippen LogP contribution >= 0.6 is 0 Å². The second-order valence-electron chi connectivity index (χ2n) is 5.09. The quantitative estimate of drug-likeness (QED) is 0.689. The summed E-state index contributed by atoms with van der Waals surface area (Å²) in [5, 5.41) is 5.20. The van der Waals surface area contributed by atoms with E-state index in [1.807, 2.05) is 0 Å². The Labute approximate surface area is 89.8 Å². The highest BCUT2D eigenvalue weighted by molar-refractivity contribution is 6.07. The largest absolute Gasteiger partial charge is 0.323 e. The van der Waals surface area contributed by atoms with Crippen LogP contribution in [0.5, 0.6) is 0 Å². The smallest absolute Gasteiger partial charge is 0.322 e. The summed E-state index contributed by atoms with van der Waals surface area (Å²) in [5.74, 6) is 0.810. The van der Waals surface area contributed by atoms with E-state index in [1.165, 1.54) is 0 Å². The average Bonchev–Trinajstić information content (AvgIpc) is 2.91. The molecular weight excluding hydrogens is 192 g/mol. The maximum Gasteiger partial charge on any atom is 0.322 e. The second-order valence-corrected chi connectivity index (χ2v) is 5.09. The van der Waals surface area contributed by atoms with E-state index < -0.39 is 5.54 Å². The third-order valence-electron chi connectivity index (χ3n) is 3.36. The number of hydrogen-bond acceptors (Lipinski definition) is 2. The highest BCUT2D eigenvalue weighted by atomic mass is 16.2. The van der Waals surface area contributed by atoms with Gasteiger partial charge >= 0.3 is 6.03 Å². The Hall–Kier alpha value is -1.06. The van der Waals surface area contributed by atoms with Crippen LogP contribution in [-0.4, -0.2) is 17.5 Å². The minimum Gasteiger partial charge on any atom is -0.323 e. The van der Waals surface area contributed by atoms with Crippen molar-refractivity contribution in [1.82, 2.24) is 10.6 Å². The van der Waals surface area contributed by atoms with Crippen molar-refractivity contribution in [2.45, 2.75) is 45.1 Å². The van der Waals surface area contributed by atoms with Crippen LogP contribution in [-0.2, 0) is 4.79 Å². The van der Waals surface area contributed by atoms with E-state index in [9.17, 15) is 9.59 Å². The first-order valence-electron chi connectivity index (χ1n) is 5.68. The highest BCUT2D eigenvalue weighted by Gasteiger charge is 2.55. The lowest BCUT2D eigenvalue weighted by Crippen LogP contribution is -2.49. The lowest BCUT2D eigenvalue weighted by molar-refractivity contribution is -0.125. The van der Waals surface area contributed by atoms with Crippen molar-refractivity contribution in [3.63, 3.8) is 0 Å². The van der Waals surface area contributed by atoms with Crippen molar-refractivity contribution in [2.24, 2.45) is 11.8 Å². The Morgan fingerprint density at radius 3 is 2.47 bits per heavy atom. The molecular formula is C11H18N2O2. The van der Waals surface area contributed by atoms with Gasteiger partial charge in [-0.25, -0.2) is 4.79 Å². The van der Waals surface area contributed by atoms with E-state index in [1.54, 1.807) is 0 Å². The first-order valence-corrected chi connectivity index (χ1v) is 5.68. The molecule has 2 aliphatic rings. The molecule has 2 fully saturated rings. The molecule has 0 spiro atoms. The Balaban J connectivity index is 2.10. The zero-order valence-electron chi connectivity index (χ0n) is 9.30. The van der Waals surface area contributed by atoms with E-state index in [0.717, 1.165) is 25.7 Å². The van der Waals surface area contributed by atoms with Crippen LogP contribution in [0.4, 0.5) is 4.79 Å².